The molecule has 0 spiro atoms. The summed E-state index contributed by atoms with van der Waals surface area (Å²) < 4.78 is 30.6. The maximum Gasteiger partial charge on any atom is 0.180 e. The van der Waals surface area contributed by atoms with Gasteiger partial charge in [-0.2, -0.15) is 0 Å². The minimum Gasteiger partial charge on any atom is -0.497 e. The van der Waals surface area contributed by atoms with Crippen molar-refractivity contribution in [1.82, 2.24) is 0 Å². The lowest BCUT2D eigenvalue weighted by atomic mass is 10.1. The summed E-state index contributed by atoms with van der Waals surface area (Å²) in [5.41, 5.74) is 6.77. The molecule has 2 aromatic rings. The first-order valence-electron chi connectivity index (χ1n) is 6.30. The number of rotatable bonds is 5. The molecule has 2 N–H and O–H groups in total. The van der Waals surface area contributed by atoms with Gasteiger partial charge in [0.25, 0.3) is 0 Å². The molecule has 0 aliphatic rings. The van der Waals surface area contributed by atoms with Gasteiger partial charge < -0.3 is 10.5 Å². The van der Waals surface area contributed by atoms with Gasteiger partial charge in [-0.25, -0.2) is 8.42 Å². The van der Waals surface area contributed by atoms with E-state index in [1.165, 1.54) is 0 Å². The van der Waals surface area contributed by atoms with Gasteiger partial charge in [-0.15, -0.1) is 0 Å². The second-order valence-corrected chi connectivity index (χ2v) is 7.56. The van der Waals surface area contributed by atoms with E-state index in [1.807, 2.05) is 0 Å². The van der Waals surface area contributed by atoms with E-state index in [9.17, 15) is 8.42 Å². The van der Waals surface area contributed by atoms with Gasteiger partial charge in [0.2, 0.25) is 0 Å². The molecule has 0 saturated heterocycles. The molecule has 0 heterocycles. The molecule has 0 bridgehead atoms. The van der Waals surface area contributed by atoms with Crippen molar-refractivity contribution in [2.45, 2.75) is 10.9 Å². The third kappa shape index (κ3) is 4.06. The van der Waals surface area contributed by atoms with Gasteiger partial charge in [-0.3, -0.25) is 0 Å². The molecule has 2 aromatic carbocycles. The van der Waals surface area contributed by atoms with Gasteiger partial charge in [0, 0.05) is 10.5 Å². The van der Waals surface area contributed by atoms with Gasteiger partial charge >= 0.3 is 0 Å². The Hall–Kier alpha value is -1.37. The summed E-state index contributed by atoms with van der Waals surface area (Å²) in [6.45, 7) is 0. The molecule has 0 radical (unpaired) electrons. The Kier molecular flexibility index (Phi) is 5.03. The maximum absolute atomic E-state index is 12.3. The minimum absolute atomic E-state index is 0.138. The van der Waals surface area contributed by atoms with Crippen molar-refractivity contribution in [3.63, 3.8) is 0 Å². The molecule has 1 atom stereocenters. The summed E-state index contributed by atoms with van der Waals surface area (Å²) in [5, 5.41) is 0. The van der Waals surface area contributed by atoms with Crippen molar-refractivity contribution in [3.05, 3.63) is 58.6 Å². The monoisotopic (exact) mass is 369 g/mol. The fourth-order valence-corrected chi connectivity index (χ4v) is 3.59. The zero-order valence-corrected chi connectivity index (χ0v) is 13.9. The average Bonchev–Trinajstić information content (AvgIpc) is 2.47. The Morgan fingerprint density at radius 3 is 2.19 bits per heavy atom. The van der Waals surface area contributed by atoms with Crippen LogP contribution >= 0.6 is 15.9 Å². The first-order valence-corrected chi connectivity index (χ1v) is 8.75. The van der Waals surface area contributed by atoms with E-state index in [4.69, 9.17) is 10.5 Å². The zero-order valence-electron chi connectivity index (χ0n) is 11.5. The molecule has 6 heteroatoms. The Balaban J connectivity index is 2.17. The van der Waals surface area contributed by atoms with Crippen LogP contribution in [0.1, 0.15) is 11.6 Å². The average molecular weight is 370 g/mol. The van der Waals surface area contributed by atoms with Crippen molar-refractivity contribution in [3.8, 4) is 5.75 Å². The van der Waals surface area contributed by atoms with E-state index >= 15 is 0 Å². The second kappa shape index (κ2) is 6.60. The van der Waals surface area contributed by atoms with E-state index < -0.39 is 15.9 Å². The van der Waals surface area contributed by atoms with E-state index in [1.54, 1.807) is 55.6 Å². The lowest BCUT2D eigenvalue weighted by Gasteiger charge is -2.13. The fraction of sp³-hybridized carbons (Fsp3) is 0.200. The molecule has 1 unspecified atom stereocenters. The number of hydrogen-bond acceptors (Lipinski definition) is 4. The van der Waals surface area contributed by atoms with Crippen LogP contribution in [0.25, 0.3) is 0 Å². The molecule has 0 aliphatic carbocycles. The Morgan fingerprint density at radius 1 is 1.10 bits per heavy atom. The summed E-state index contributed by atoms with van der Waals surface area (Å²) in [4.78, 5) is 0.273. The summed E-state index contributed by atoms with van der Waals surface area (Å²) in [6.07, 6.45) is 0. The summed E-state index contributed by atoms with van der Waals surface area (Å²) in [7, 11) is -1.84. The summed E-state index contributed by atoms with van der Waals surface area (Å²) >= 11 is 3.28. The standard InChI is InChI=1S/C15H16BrNO3S/c1-20-13-6-2-11(3-7-13)15(17)10-21(18,19)14-8-4-12(16)5-9-14/h2-9,15H,10,17H2,1H3. The van der Waals surface area contributed by atoms with E-state index in [0.717, 1.165) is 10.0 Å². The summed E-state index contributed by atoms with van der Waals surface area (Å²) in [6, 6.07) is 13.0. The van der Waals surface area contributed by atoms with Crippen molar-refractivity contribution in [2.24, 2.45) is 5.73 Å². The van der Waals surface area contributed by atoms with E-state index in [2.05, 4.69) is 15.9 Å². The highest BCUT2D eigenvalue weighted by Gasteiger charge is 2.20. The molecule has 0 fully saturated rings. The molecule has 2 rings (SSSR count). The van der Waals surface area contributed by atoms with Gasteiger partial charge in [-0.05, 0) is 42.0 Å². The lowest BCUT2D eigenvalue weighted by Crippen LogP contribution is -2.21. The number of benzene rings is 2. The van der Waals surface area contributed by atoms with Crippen molar-refractivity contribution >= 4 is 25.8 Å². The van der Waals surface area contributed by atoms with Crippen LogP contribution < -0.4 is 10.5 Å². The number of nitrogens with two attached hydrogens (primary N) is 1. The van der Waals surface area contributed by atoms with Crippen molar-refractivity contribution in [1.29, 1.82) is 0 Å². The SMILES string of the molecule is COc1ccc(C(N)CS(=O)(=O)c2ccc(Br)cc2)cc1. The van der Waals surface area contributed by atoms with Gasteiger partial charge in [0.1, 0.15) is 5.75 Å². The highest BCUT2D eigenvalue weighted by molar-refractivity contribution is 9.10. The van der Waals surface area contributed by atoms with Crippen LogP contribution in [-0.2, 0) is 9.84 Å². The van der Waals surface area contributed by atoms with E-state index in [0.29, 0.717) is 5.75 Å². The lowest BCUT2D eigenvalue weighted by molar-refractivity contribution is 0.414. The largest absolute Gasteiger partial charge is 0.497 e. The van der Waals surface area contributed by atoms with Crippen LogP contribution in [0.4, 0.5) is 0 Å². The number of ether oxygens (including phenoxy) is 1. The van der Waals surface area contributed by atoms with Crippen LogP contribution in [0.15, 0.2) is 57.9 Å². The molecule has 0 aromatic heterocycles. The minimum atomic E-state index is -3.42. The Bertz CT molecular complexity index is 697. The Labute approximate surface area is 133 Å². The number of hydrogen-bond donors (Lipinski definition) is 1. The second-order valence-electron chi connectivity index (χ2n) is 4.61. The Morgan fingerprint density at radius 2 is 1.67 bits per heavy atom. The highest BCUT2D eigenvalue weighted by Crippen LogP contribution is 2.21. The van der Waals surface area contributed by atoms with Gasteiger partial charge in [-0.1, -0.05) is 28.1 Å². The van der Waals surface area contributed by atoms with Gasteiger partial charge in [0.05, 0.1) is 17.8 Å². The van der Waals surface area contributed by atoms with Gasteiger partial charge in [0.15, 0.2) is 9.84 Å². The number of sulfone groups is 1. The number of methoxy groups -OCH3 is 1. The van der Waals surface area contributed by atoms with Crippen LogP contribution in [-0.4, -0.2) is 21.3 Å². The molecule has 112 valence electrons. The number of halogens is 1. The maximum atomic E-state index is 12.3. The third-order valence-corrected chi connectivity index (χ3v) is 5.43. The third-order valence-electron chi connectivity index (χ3n) is 3.12. The van der Waals surface area contributed by atoms with Crippen LogP contribution in [0.3, 0.4) is 0 Å². The quantitative estimate of drug-likeness (QED) is 0.879. The zero-order chi connectivity index (χ0) is 15.5. The normalized spacial score (nSPS) is 12.9. The first kappa shape index (κ1) is 16.0. The molecule has 4 nitrogen and oxygen atoms in total. The first-order chi connectivity index (χ1) is 9.92. The fourth-order valence-electron chi connectivity index (χ4n) is 1.92. The summed E-state index contributed by atoms with van der Waals surface area (Å²) in [5.74, 6) is 0.572. The molecule has 21 heavy (non-hydrogen) atoms. The molecular formula is C15H16BrNO3S. The highest BCUT2D eigenvalue weighted by atomic mass is 79.9. The smallest absolute Gasteiger partial charge is 0.180 e. The molecular weight excluding hydrogens is 354 g/mol. The van der Waals surface area contributed by atoms with Crippen LogP contribution in [0.5, 0.6) is 5.75 Å². The predicted octanol–water partition coefficient (Wildman–Crippen LogP) is 2.93. The predicted molar refractivity (Wildman–Crippen MR) is 86.1 cm³/mol. The molecule has 0 aliphatic heterocycles. The molecule has 0 saturated carbocycles. The van der Waals surface area contributed by atoms with Crippen LogP contribution in [0, 0.1) is 0 Å². The van der Waals surface area contributed by atoms with Crippen molar-refractivity contribution in [2.75, 3.05) is 12.9 Å². The van der Waals surface area contributed by atoms with Crippen LogP contribution in [0.2, 0.25) is 0 Å². The van der Waals surface area contributed by atoms with Crippen molar-refractivity contribution < 1.29 is 13.2 Å². The molecule has 0 amide bonds. The van der Waals surface area contributed by atoms with E-state index in [-0.39, 0.29) is 10.6 Å². The topological polar surface area (TPSA) is 69.4 Å².